The first-order valence-corrected chi connectivity index (χ1v) is 8.14. The summed E-state index contributed by atoms with van der Waals surface area (Å²) in [6.07, 6.45) is 4.93. The summed E-state index contributed by atoms with van der Waals surface area (Å²) >= 11 is 2.80. The monoisotopic (exact) mass is 326 g/mol. The minimum atomic E-state index is -1.12. The number of nitrogens with zero attached hydrogens (tertiary/aromatic N) is 2. The van der Waals surface area contributed by atoms with Crippen LogP contribution in [0.3, 0.4) is 0 Å². The molecule has 1 aromatic rings. The molecule has 1 amide bonds. The smallest absolute Gasteiger partial charge is 0.326 e. The number of aromatic nitrogens is 1. The number of anilines is 1. The van der Waals surface area contributed by atoms with Gasteiger partial charge >= 0.3 is 5.97 Å². The zero-order valence-corrected chi connectivity index (χ0v) is 12.8. The van der Waals surface area contributed by atoms with Crippen molar-refractivity contribution >= 4 is 40.1 Å². The second-order valence-corrected chi connectivity index (χ2v) is 5.68. The van der Waals surface area contributed by atoms with Crippen molar-refractivity contribution in [2.24, 2.45) is 0 Å². The van der Waals surface area contributed by atoms with Crippen LogP contribution in [-0.2, 0) is 9.59 Å². The van der Waals surface area contributed by atoms with Crippen LogP contribution < -0.4 is 10.6 Å². The van der Waals surface area contributed by atoms with Crippen molar-refractivity contribution < 1.29 is 14.7 Å². The Morgan fingerprint density at radius 1 is 1.67 bits per heavy atom. The van der Waals surface area contributed by atoms with Gasteiger partial charge in [-0.05, 0) is 18.4 Å². The molecule has 0 spiro atoms. The number of thiazole rings is 1. The van der Waals surface area contributed by atoms with Gasteiger partial charge in [0.05, 0.1) is 0 Å². The van der Waals surface area contributed by atoms with Crippen LogP contribution in [0, 0.1) is 11.3 Å². The van der Waals surface area contributed by atoms with Gasteiger partial charge in [0.25, 0.3) is 5.91 Å². The number of nitriles is 1. The molecular formula is C12H14N4O3S2. The van der Waals surface area contributed by atoms with Crippen LogP contribution in [0.25, 0.3) is 0 Å². The van der Waals surface area contributed by atoms with Gasteiger partial charge < -0.3 is 15.7 Å². The van der Waals surface area contributed by atoms with Crippen molar-refractivity contribution in [1.82, 2.24) is 10.3 Å². The maximum absolute atomic E-state index is 11.9. The zero-order valence-electron chi connectivity index (χ0n) is 11.2. The van der Waals surface area contributed by atoms with Crippen LogP contribution in [0.15, 0.2) is 23.3 Å². The fourth-order valence-corrected chi connectivity index (χ4v) is 2.28. The van der Waals surface area contributed by atoms with E-state index in [1.165, 1.54) is 29.3 Å². The Balaban J connectivity index is 2.67. The Hall–Kier alpha value is -2.05. The average molecular weight is 326 g/mol. The van der Waals surface area contributed by atoms with Gasteiger partial charge in [0.15, 0.2) is 5.13 Å². The van der Waals surface area contributed by atoms with E-state index in [9.17, 15) is 9.59 Å². The Kier molecular flexibility index (Phi) is 7.28. The number of carbonyl (C=O) groups excluding carboxylic acids is 1. The van der Waals surface area contributed by atoms with Crippen LogP contribution in [0.1, 0.15) is 6.42 Å². The Morgan fingerprint density at radius 2 is 2.43 bits per heavy atom. The highest BCUT2D eigenvalue weighted by atomic mass is 32.2. The van der Waals surface area contributed by atoms with Crippen LogP contribution in [-0.4, -0.2) is 40.0 Å². The number of hydrogen-bond donors (Lipinski definition) is 3. The van der Waals surface area contributed by atoms with Crippen LogP contribution in [0.5, 0.6) is 0 Å². The van der Waals surface area contributed by atoms with Gasteiger partial charge in [-0.1, -0.05) is 0 Å². The largest absolute Gasteiger partial charge is 0.480 e. The van der Waals surface area contributed by atoms with Gasteiger partial charge in [0.2, 0.25) is 0 Å². The highest BCUT2D eigenvalue weighted by molar-refractivity contribution is 7.98. The third-order valence-electron chi connectivity index (χ3n) is 2.35. The first-order valence-electron chi connectivity index (χ1n) is 5.87. The molecule has 1 heterocycles. The number of carbonyl (C=O) groups is 2. The van der Waals surface area contributed by atoms with E-state index in [4.69, 9.17) is 10.4 Å². The van der Waals surface area contributed by atoms with E-state index >= 15 is 0 Å². The minimum absolute atomic E-state index is 0.208. The number of amides is 1. The molecular weight excluding hydrogens is 312 g/mol. The zero-order chi connectivity index (χ0) is 15.7. The van der Waals surface area contributed by atoms with E-state index in [1.807, 2.05) is 6.26 Å². The summed E-state index contributed by atoms with van der Waals surface area (Å²) in [5.41, 5.74) is -0.208. The van der Waals surface area contributed by atoms with Gasteiger partial charge in [-0.15, -0.1) is 11.3 Å². The fourth-order valence-electron chi connectivity index (χ4n) is 1.31. The molecule has 1 aromatic heterocycles. The lowest BCUT2D eigenvalue weighted by molar-refractivity contribution is -0.141. The highest BCUT2D eigenvalue weighted by Gasteiger charge is 2.21. The van der Waals surface area contributed by atoms with Crippen LogP contribution >= 0.6 is 23.1 Å². The second kappa shape index (κ2) is 8.99. The number of thioether (sulfide) groups is 1. The molecule has 0 aliphatic rings. The average Bonchev–Trinajstić information content (AvgIpc) is 2.97. The summed E-state index contributed by atoms with van der Waals surface area (Å²) in [6, 6.07) is 0.717. The van der Waals surface area contributed by atoms with Gasteiger partial charge in [-0.2, -0.15) is 17.0 Å². The predicted octanol–water partition coefficient (Wildman–Crippen LogP) is 1.28. The normalized spacial score (nSPS) is 12.3. The molecule has 1 rings (SSSR count). The number of carboxylic acids is 1. The molecule has 3 N–H and O–H groups in total. The van der Waals surface area contributed by atoms with E-state index in [0.29, 0.717) is 17.3 Å². The van der Waals surface area contributed by atoms with Crippen molar-refractivity contribution in [2.45, 2.75) is 12.5 Å². The van der Waals surface area contributed by atoms with Crippen molar-refractivity contribution in [3.05, 3.63) is 23.3 Å². The van der Waals surface area contributed by atoms with E-state index in [2.05, 4.69) is 15.6 Å². The van der Waals surface area contributed by atoms with Crippen molar-refractivity contribution in [3.63, 3.8) is 0 Å². The molecule has 0 saturated carbocycles. The molecule has 0 aliphatic carbocycles. The molecule has 0 saturated heterocycles. The lowest BCUT2D eigenvalue weighted by Crippen LogP contribution is -2.41. The molecule has 0 bridgehead atoms. The molecule has 0 aliphatic heterocycles. The van der Waals surface area contributed by atoms with Crippen LogP contribution in [0.4, 0.5) is 5.13 Å². The summed E-state index contributed by atoms with van der Waals surface area (Å²) in [7, 11) is 0. The Bertz CT molecular complexity index is 551. The van der Waals surface area contributed by atoms with E-state index in [1.54, 1.807) is 17.6 Å². The molecule has 9 heteroatoms. The maximum Gasteiger partial charge on any atom is 0.326 e. The highest BCUT2D eigenvalue weighted by Crippen LogP contribution is 2.11. The van der Waals surface area contributed by atoms with Crippen molar-refractivity contribution in [3.8, 4) is 6.07 Å². The van der Waals surface area contributed by atoms with E-state index in [0.717, 1.165) is 0 Å². The first kappa shape index (κ1) is 17.0. The number of rotatable bonds is 8. The predicted molar refractivity (Wildman–Crippen MR) is 82.0 cm³/mol. The second-order valence-electron chi connectivity index (χ2n) is 3.80. The topological polar surface area (TPSA) is 115 Å². The molecule has 112 valence electrons. The fraction of sp³-hybridized carbons (Fsp3) is 0.333. The summed E-state index contributed by atoms with van der Waals surface area (Å²) in [5, 5.41) is 25.3. The quantitative estimate of drug-likeness (QED) is 0.487. The van der Waals surface area contributed by atoms with Crippen LogP contribution in [0.2, 0.25) is 0 Å². The number of carboxylic acid groups (broad SMARTS) is 1. The standard InChI is InChI=1S/C12H14N4O3S2/c1-20-4-2-9(11(18)19)16-10(17)8(6-13)7-15-12-14-3-5-21-12/h3,5,7,9H,2,4H2,1H3,(H,14,15)(H,16,17)(H,18,19)/b8-7-. The summed E-state index contributed by atoms with van der Waals surface area (Å²) in [4.78, 5) is 26.9. The molecule has 0 radical (unpaired) electrons. The molecule has 0 fully saturated rings. The molecule has 21 heavy (non-hydrogen) atoms. The van der Waals surface area contributed by atoms with E-state index in [-0.39, 0.29) is 5.57 Å². The van der Waals surface area contributed by atoms with Crippen molar-refractivity contribution in [1.29, 1.82) is 5.26 Å². The SMILES string of the molecule is CSCCC(NC(=O)/C(C#N)=C\Nc1nccs1)C(=O)O. The van der Waals surface area contributed by atoms with Gasteiger partial charge in [-0.25, -0.2) is 9.78 Å². The summed E-state index contributed by atoms with van der Waals surface area (Å²) in [6.45, 7) is 0. The first-order chi connectivity index (χ1) is 10.1. The number of hydrogen-bond acceptors (Lipinski definition) is 7. The lowest BCUT2D eigenvalue weighted by atomic mass is 10.2. The van der Waals surface area contributed by atoms with E-state index < -0.39 is 17.9 Å². The van der Waals surface area contributed by atoms with Crippen molar-refractivity contribution in [2.75, 3.05) is 17.3 Å². The molecule has 7 nitrogen and oxygen atoms in total. The minimum Gasteiger partial charge on any atom is -0.480 e. The number of aliphatic carboxylic acids is 1. The van der Waals surface area contributed by atoms with Gasteiger partial charge in [0.1, 0.15) is 17.7 Å². The molecule has 1 unspecified atom stereocenters. The van der Waals surface area contributed by atoms with Gasteiger partial charge in [0, 0.05) is 17.8 Å². The van der Waals surface area contributed by atoms with Gasteiger partial charge in [-0.3, -0.25) is 4.79 Å². The number of nitrogens with one attached hydrogen (secondary N) is 2. The lowest BCUT2D eigenvalue weighted by Gasteiger charge is -2.13. The molecule has 0 aromatic carbocycles. The Morgan fingerprint density at radius 3 is 2.95 bits per heavy atom. The third-order valence-corrected chi connectivity index (χ3v) is 3.70. The Labute approximate surface area is 130 Å². The summed E-state index contributed by atoms with van der Waals surface area (Å²) in [5.74, 6) is -1.25. The molecule has 1 atom stereocenters. The summed E-state index contributed by atoms with van der Waals surface area (Å²) < 4.78 is 0. The maximum atomic E-state index is 11.9. The third kappa shape index (κ3) is 5.85.